The molecule has 0 spiro atoms. The van der Waals surface area contributed by atoms with Gasteiger partial charge in [0.15, 0.2) is 0 Å². The van der Waals surface area contributed by atoms with E-state index >= 15 is 0 Å². The Morgan fingerprint density at radius 3 is 2.78 bits per heavy atom. The quantitative estimate of drug-likeness (QED) is 0.251. The molecule has 0 bridgehead atoms. The number of hydrogen-bond donors (Lipinski definition) is 0. The van der Waals surface area contributed by atoms with Crippen molar-refractivity contribution in [3.8, 4) is 0 Å². The summed E-state index contributed by atoms with van der Waals surface area (Å²) in [6.45, 7) is 2.21. The minimum absolute atomic E-state index is 0.171. The molecule has 5 atom stereocenters. The average Bonchev–Trinajstić information content (AvgIpc) is 2.99. The molecule has 1 saturated carbocycles. The summed E-state index contributed by atoms with van der Waals surface area (Å²) < 4.78 is 5.72. The molecular weight excluding hydrogens is 355 g/mol. The molecule has 2 rings (SSSR count). The van der Waals surface area contributed by atoms with Gasteiger partial charge < -0.3 is 4.52 Å². The van der Waals surface area contributed by atoms with Gasteiger partial charge in [-0.3, -0.25) is 9.59 Å². The highest BCUT2D eigenvalue weighted by Gasteiger charge is 2.43. The summed E-state index contributed by atoms with van der Waals surface area (Å²) >= 11 is 0. The third-order valence-corrected chi connectivity index (χ3v) is 6.90. The van der Waals surface area contributed by atoms with Gasteiger partial charge >= 0.3 is 0 Å². The van der Waals surface area contributed by atoms with E-state index in [1.807, 2.05) is 0 Å². The van der Waals surface area contributed by atoms with Crippen LogP contribution in [0.2, 0.25) is 0 Å². The molecule has 3 nitrogen and oxygen atoms in total. The van der Waals surface area contributed by atoms with Crippen LogP contribution in [0.25, 0.3) is 0 Å². The first-order valence-electron chi connectivity index (χ1n) is 11.2. The lowest BCUT2D eigenvalue weighted by Crippen LogP contribution is -2.22. The van der Waals surface area contributed by atoms with E-state index in [1.54, 1.807) is 0 Å². The van der Waals surface area contributed by atoms with E-state index in [-0.39, 0.29) is 6.10 Å². The molecule has 0 saturated heterocycles. The van der Waals surface area contributed by atoms with Crippen LogP contribution in [0.3, 0.4) is 0 Å². The Bertz CT molecular complexity index is 488. The van der Waals surface area contributed by atoms with Gasteiger partial charge in [-0.1, -0.05) is 44.8 Å². The van der Waals surface area contributed by atoms with E-state index in [4.69, 9.17) is 4.52 Å². The Kier molecular flexibility index (Phi) is 10.8. The fraction of sp³-hybridized carbons (Fsp3) is 0.826. The number of hydrogen-bond acceptors (Lipinski definition) is 3. The maximum absolute atomic E-state index is 12.3. The summed E-state index contributed by atoms with van der Waals surface area (Å²) in [5.74, 6) is 2.11. The average molecular weight is 395 g/mol. The Balaban J connectivity index is 1.87. The normalized spacial score (nSPS) is 30.1. The molecule has 1 unspecified atom stereocenters. The summed E-state index contributed by atoms with van der Waals surface area (Å²) in [5, 5.41) is 0. The van der Waals surface area contributed by atoms with Crippen LogP contribution in [0, 0.1) is 17.8 Å². The number of fused-ring (bicyclic) bond motifs is 1. The third-order valence-electron chi connectivity index (χ3n) is 6.55. The monoisotopic (exact) mass is 394 g/mol. The van der Waals surface area contributed by atoms with Gasteiger partial charge in [0, 0.05) is 35.2 Å². The summed E-state index contributed by atoms with van der Waals surface area (Å²) in [7, 11) is 2.43. The van der Waals surface area contributed by atoms with Crippen LogP contribution in [0.1, 0.15) is 96.8 Å². The van der Waals surface area contributed by atoms with Crippen molar-refractivity contribution >= 4 is 21.0 Å². The van der Waals surface area contributed by atoms with Crippen LogP contribution < -0.4 is 0 Å². The molecule has 0 amide bonds. The maximum atomic E-state index is 12.3. The van der Waals surface area contributed by atoms with Crippen molar-refractivity contribution in [3.63, 3.8) is 0 Å². The lowest BCUT2D eigenvalue weighted by molar-refractivity contribution is -0.121. The van der Waals surface area contributed by atoms with E-state index in [1.165, 1.54) is 25.7 Å². The van der Waals surface area contributed by atoms with Crippen molar-refractivity contribution in [3.05, 3.63) is 12.2 Å². The number of Topliss-reactive ketones (excluding diaryl/α,β-unsaturated/α-hetero) is 2. The van der Waals surface area contributed by atoms with Gasteiger partial charge in [0.2, 0.25) is 0 Å². The van der Waals surface area contributed by atoms with E-state index in [2.05, 4.69) is 28.5 Å². The molecule has 27 heavy (non-hydrogen) atoms. The molecule has 0 heterocycles. The highest BCUT2D eigenvalue weighted by molar-refractivity contribution is 7.09. The molecule has 154 valence electrons. The third kappa shape index (κ3) is 7.78. The topological polar surface area (TPSA) is 43.4 Å². The Labute approximate surface area is 168 Å². The van der Waals surface area contributed by atoms with Gasteiger partial charge in [-0.05, 0) is 56.3 Å². The van der Waals surface area contributed by atoms with Crippen molar-refractivity contribution in [2.24, 2.45) is 17.8 Å². The summed E-state index contributed by atoms with van der Waals surface area (Å²) in [5.41, 5.74) is 0. The maximum Gasteiger partial charge on any atom is 0.133 e. The van der Waals surface area contributed by atoms with Gasteiger partial charge in [-0.2, -0.15) is 0 Å². The van der Waals surface area contributed by atoms with Crippen molar-refractivity contribution < 1.29 is 14.1 Å². The second-order valence-corrected chi connectivity index (χ2v) is 8.85. The zero-order valence-electron chi connectivity index (χ0n) is 17.2. The van der Waals surface area contributed by atoms with Gasteiger partial charge in [0.1, 0.15) is 11.6 Å². The zero-order chi connectivity index (χ0) is 19.5. The lowest BCUT2D eigenvalue weighted by atomic mass is 9.80. The second-order valence-electron chi connectivity index (χ2n) is 8.58. The first kappa shape index (κ1) is 22.8. The van der Waals surface area contributed by atoms with Crippen LogP contribution in [0.4, 0.5) is 0 Å². The van der Waals surface area contributed by atoms with Crippen LogP contribution in [-0.4, -0.2) is 17.7 Å². The molecule has 2 aliphatic carbocycles. The summed E-state index contributed by atoms with van der Waals surface area (Å²) in [6, 6.07) is 0. The van der Waals surface area contributed by atoms with Crippen LogP contribution >= 0.6 is 9.47 Å². The van der Waals surface area contributed by atoms with E-state index < -0.39 is 0 Å². The van der Waals surface area contributed by atoms with Crippen molar-refractivity contribution in [2.45, 2.75) is 103 Å². The summed E-state index contributed by atoms with van der Waals surface area (Å²) in [4.78, 5) is 24.6. The number of rotatable bonds is 10. The Morgan fingerprint density at radius 1 is 1.19 bits per heavy atom. The highest BCUT2D eigenvalue weighted by atomic mass is 31.0. The minimum atomic E-state index is 0.171. The predicted octanol–water partition coefficient (Wildman–Crippen LogP) is 6.21. The first-order valence-corrected chi connectivity index (χ1v) is 11.7. The fourth-order valence-electron chi connectivity index (χ4n) is 4.99. The standard InChI is InChI=1S/C23H39O3P/c1-2-3-4-5-8-11-19(24)14-15-22-21-13-10-7-6-9-12-20(25)16-18(21)17-23(22)26-27/h7,10,18,21-23H,2-6,8-9,11-17,27H2,1H3/b10-7-/t18-,21-,22+,23+/m0/s1. The molecule has 0 aromatic heterocycles. The molecule has 0 aromatic carbocycles. The van der Waals surface area contributed by atoms with Crippen LogP contribution in [0.15, 0.2) is 12.2 Å². The Morgan fingerprint density at radius 2 is 2.00 bits per heavy atom. The van der Waals surface area contributed by atoms with E-state index in [9.17, 15) is 9.59 Å². The SMILES string of the molecule is CCCCCCCC(=O)CC[C@@H]1[C@H]2C/C=C\CCCC(=O)C[C@H]2C[C@H]1OP. The second kappa shape index (κ2) is 12.8. The Hall–Kier alpha value is -0.530. The smallest absolute Gasteiger partial charge is 0.133 e. The van der Waals surface area contributed by atoms with E-state index in [0.29, 0.717) is 48.6 Å². The first-order chi connectivity index (χ1) is 13.2. The molecule has 0 radical (unpaired) electrons. The number of unbranched alkanes of at least 4 members (excludes halogenated alkanes) is 4. The molecule has 2 aliphatic rings. The predicted molar refractivity (Wildman–Crippen MR) is 115 cm³/mol. The van der Waals surface area contributed by atoms with Gasteiger partial charge in [0.05, 0.1) is 6.10 Å². The highest BCUT2D eigenvalue weighted by Crippen LogP contribution is 2.46. The van der Waals surface area contributed by atoms with Crippen LogP contribution in [-0.2, 0) is 14.1 Å². The number of allylic oxidation sites excluding steroid dienone is 2. The fourth-order valence-corrected chi connectivity index (χ4v) is 5.31. The molecule has 0 aliphatic heterocycles. The largest absolute Gasteiger partial charge is 0.362 e. The molecule has 0 N–H and O–H groups in total. The summed E-state index contributed by atoms with van der Waals surface area (Å²) in [6.07, 6.45) is 18.4. The molecule has 1 fully saturated rings. The van der Waals surface area contributed by atoms with Gasteiger partial charge in [-0.25, -0.2) is 0 Å². The van der Waals surface area contributed by atoms with Crippen molar-refractivity contribution in [1.82, 2.24) is 0 Å². The van der Waals surface area contributed by atoms with Gasteiger partial charge in [0.25, 0.3) is 0 Å². The van der Waals surface area contributed by atoms with Crippen molar-refractivity contribution in [1.29, 1.82) is 0 Å². The number of carbonyl (C=O) groups is 2. The minimum Gasteiger partial charge on any atom is -0.362 e. The zero-order valence-corrected chi connectivity index (χ0v) is 18.3. The number of ketones is 2. The molecule has 0 aromatic rings. The lowest BCUT2D eigenvalue weighted by Gasteiger charge is -2.25. The van der Waals surface area contributed by atoms with Gasteiger partial charge in [-0.15, -0.1) is 0 Å². The van der Waals surface area contributed by atoms with Crippen molar-refractivity contribution in [2.75, 3.05) is 0 Å². The number of carbonyl (C=O) groups excluding carboxylic acids is 2. The van der Waals surface area contributed by atoms with Crippen LogP contribution in [0.5, 0.6) is 0 Å². The molecule has 4 heteroatoms. The molecular formula is C23H39O3P. The van der Waals surface area contributed by atoms with E-state index in [0.717, 1.165) is 44.9 Å².